The minimum absolute atomic E-state index is 0.0996. The van der Waals surface area contributed by atoms with Crippen LogP contribution < -0.4 is 25.7 Å². The molecule has 0 spiro atoms. The second-order valence-corrected chi connectivity index (χ2v) is 16.2. The number of unbranched alkanes of at least 4 members (excludes halogenated alkanes) is 1. The van der Waals surface area contributed by atoms with Gasteiger partial charge in [-0.3, -0.25) is 0 Å². The van der Waals surface area contributed by atoms with E-state index in [1.54, 1.807) is 7.11 Å². The molecule has 0 amide bonds. The monoisotopic (exact) mass is 701 g/mol. The summed E-state index contributed by atoms with van der Waals surface area (Å²) in [6.45, 7) is 11.6. The second kappa shape index (κ2) is 13.9. The van der Waals surface area contributed by atoms with Crippen LogP contribution in [0.25, 0.3) is 0 Å². The van der Waals surface area contributed by atoms with E-state index in [2.05, 4.69) is 69.3 Å². The third-order valence-electron chi connectivity index (χ3n) is 7.33. The first-order valence-corrected chi connectivity index (χ1v) is 18.1. The molecule has 0 aromatic heterocycles. The first-order valence-electron chi connectivity index (χ1n) is 13.0. The van der Waals surface area contributed by atoms with E-state index in [0.29, 0.717) is 13.8 Å². The van der Waals surface area contributed by atoms with Crippen LogP contribution in [0.2, 0.25) is 0 Å². The van der Waals surface area contributed by atoms with Gasteiger partial charge in [-0.1, -0.05) is 0 Å². The third kappa shape index (κ3) is 7.20. The Morgan fingerprint density at radius 3 is 2.58 bits per heavy atom. The fourth-order valence-electron chi connectivity index (χ4n) is 5.44. The summed E-state index contributed by atoms with van der Waals surface area (Å²) < 4.78 is 21.6. The van der Waals surface area contributed by atoms with Crippen LogP contribution in [0, 0.1) is 18.8 Å². The first-order chi connectivity index (χ1) is 15.9. The molecule has 2 aliphatic rings. The Hall–Kier alpha value is 0.830. The van der Waals surface area contributed by atoms with Crippen molar-refractivity contribution in [3.05, 3.63) is 28.8 Å². The van der Waals surface area contributed by atoms with Crippen molar-refractivity contribution in [2.24, 2.45) is 11.8 Å². The van der Waals surface area contributed by atoms with Gasteiger partial charge in [-0.15, -0.1) is 0 Å². The first kappa shape index (κ1) is 28.4. The molecule has 1 aromatic carbocycles. The summed E-state index contributed by atoms with van der Waals surface area (Å²) >= 11 is 2.73. The number of alkyl halides is 3. The van der Waals surface area contributed by atoms with E-state index in [9.17, 15) is 0 Å². The molecule has 1 aliphatic heterocycles. The fourth-order valence-corrected chi connectivity index (χ4v) is 11.9. The van der Waals surface area contributed by atoms with Gasteiger partial charge in [0.25, 0.3) is 0 Å². The van der Waals surface area contributed by atoms with Gasteiger partial charge in [0.05, 0.1) is 0 Å². The molecule has 1 aromatic rings. The number of aryl methyl sites for hydroxylation is 1. The molecular weight excluding hydrogens is 657 g/mol. The molecular formula is C27H44I2O3P-. The van der Waals surface area contributed by atoms with Crippen molar-refractivity contribution < 1.29 is 34.8 Å². The van der Waals surface area contributed by atoms with Gasteiger partial charge in [0.1, 0.15) is 0 Å². The number of fused-ring (bicyclic) bond motifs is 3. The zero-order valence-electron chi connectivity index (χ0n) is 21.4. The van der Waals surface area contributed by atoms with Crippen LogP contribution in [0.3, 0.4) is 0 Å². The van der Waals surface area contributed by atoms with Crippen molar-refractivity contribution in [1.29, 1.82) is 0 Å². The van der Waals surface area contributed by atoms with Crippen molar-refractivity contribution in [2.75, 3.05) is 11.5 Å². The van der Waals surface area contributed by atoms with Crippen molar-refractivity contribution in [3.8, 4) is 5.75 Å². The average molecular weight is 701 g/mol. The van der Waals surface area contributed by atoms with Crippen LogP contribution in [-0.4, -0.2) is 21.6 Å². The van der Waals surface area contributed by atoms with Crippen LogP contribution in [-0.2, 0) is 9.05 Å². The van der Waals surface area contributed by atoms with Crippen LogP contribution in [0.5, 0.6) is 5.75 Å². The predicted molar refractivity (Wildman–Crippen MR) is 145 cm³/mol. The van der Waals surface area contributed by atoms with Crippen molar-refractivity contribution in [1.82, 2.24) is 0 Å². The Morgan fingerprint density at radius 1 is 1.15 bits per heavy atom. The van der Waals surface area contributed by atoms with Crippen LogP contribution in [0.15, 0.2) is 12.1 Å². The van der Waals surface area contributed by atoms with E-state index in [1.165, 1.54) is 72.5 Å². The summed E-state index contributed by atoms with van der Waals surface area (Å²) in [4.78, 5) is 0. The molecule has 1 fully saturated rings. The average Bonchev–Trinajstić information content (AvgIpc) is 2.96. The number of benzene rings is 1. The summed E-state index contributed by atoms with van der Waals surface area (Å²) in [6, 6.07) is 4.83. The molecule has 190 valence electrons. The number of halogens is 2. The Morgan fingerprint density at radius 2 is 1.91 bits per heavy atom. The molecule has 3 nitrogen and oxygen atoms in total. The molecule has 33 heavy (non-hydrogen) atoms. The fraction of sp³-hybridized carbons (Fsp3) is 0.778. The Bertz CT molecular complexity index is 746. The second-order valence-electron chi connectivity index (χ2n) is 9.90. The maximum absolute atomic E-state index is 6.73. The number of rotatable bonds is 11. The van der Waals surface area contributed by atoms with Gasteiger partial charge in [0.15, 0.2) is 0 Å². The summed E-state index contributed by atoms with van der Waals surface area (Å²) in [6.07, 6.45) is 10.5. The molecule has 7 unspecified atom stereocenters. The zero-order valence-corrected chi connectivity index (χ0v) is 26.6. The van der Waals surface area contributed by atoms with Gasteiger partial charge in [-0.2, -0.15) is 0 Å². The molecule has 1 heterocycles. The SMILES string of the molecule is CCCC[I-]C1CC(C(C)CCC)CC2c3cc(C(I)CCC)cc(C)c3OP(OC)OC12. The van der Waals surface area contributed by atoms with E-state index < -0.39 is 8.60 Å². The van der Waals surface area contributed by atoms with Gasteiger partial charge in [-0.05, 0) is 0 Å². The van der Waals surface area contributed by atoms with Crippen molar-refractivity contribution >= 4 is 31.2 Å². The normalized spacial score (nSPS) is 29.0. The third-order valence-corrected chi connectivity index (χ3v) is 13.5. The Labute approximate surface area is 228 Å². The van der Waals surface area contributed by atoms with E-state index >= 15 is 0 Å². The molecule has 3 rings (SSSR count). The standard InChI is InChI=1S/C27H44I2O3P/c1-7-10-13-29-25-17-20(18(4)11-8-2)15-23-22-16-21(24(28)12-9-3)14-19(5)26(22)31-33(30-6)32-27(23)25/h14,16,18,20,23-25,27H,7-13,15,17H2,1-6H3/q-1. The molecule has 1 aliphatic carbocycles. The molecule has 0 N–H and O–H groups in total. The predicted octanol–water partition coefficient (Wildman–Crippen LogP) is 6.11. The summed E-state index contributed by atoms with van der Waals surface area (Å²) in [7, 11) is 0.404. The van der Waals surface area contributed by atoms with Gasteiger partial charge < -0.3 is 0 Å². The van der Waals surface area contributed by atoms with Crippen LogP contribution in [0.4, 0.5) is 0 Å². The molecule has 7 atom stereocenters. The maximum atomic E-state index is 6.73. The zero-order chi connectivity index (χ0) is 24.0. The van der Waals surface area contributed by atoms with Gasteiger partial charge in [0.2, 0.25) is 0 Å². The summed E-state index contributed by atoms with van der Waals surface area (Å²) in [5.41, 5.74) is 4.11. The quantitative estimate of drug-likeness (QED) is 0.121. The Kier molecular flexibility index (Phi) is 12.0. The van der Waals surface area contributed by atoms with Crippen LogP contribution in [0.1, 0.15) is 106 Å². The molecule has 6 heteroatoms. The van der Waals surface area contributed by atoms with E-state index in [-0.39, 0.29) is 27.3 Å². The van der Waals surface area contributed by atoms with Gasteiger partial charge >= 0.3 is 230 Å². The minimum atomic E-state index is -1.34. The number of hydrogen-bond donors (Lipinski definition) is 0. The van der Waals surface area contributed by atoms with Gasteiger partial charge in [0, 0.05) is 0 Å². The molecule has 0 saturated heterocycles. The molecule has 1 saturated carbocycles. The molecule has 0 bridgehead atoms. The summed E-state index contributed by atoms with van der Waals surface area (Å²) in [5.74, 6) is 3.05. The van der Waals surface area contributed by atoms with E-state index in [0.717, 1.165) is 17.6 Å². The van der Waals surface area contributed by atoms with E-state index in [4.69, 9.17) is 13.6 Å². The number of hydrogen-bond acceptors (Lipinski definition) is 3. The van der Waals surface area contributed by atoms with E-state index in [1.807, 2.05) is 0 Å². The van der Waals surface area contributed by atoms with Crippen molar-refractivity contribution in [3.63, 3.8) is 0 Å². The van der Waals surface area contributed by atoms with Crippen molar-refractivity contribution in [2.45, 2.75) is 106 Å². The summed E-state index contributed by atoms with van der Waals surface area (Å²) in [5, 5.41) is 0. The van der Waals surface area contributed by atoms with Crippen LogP contribution >= 0.6 is 31.2 Å². The topological polar surface area (TPSA) is 27.7 Å². The Balaban J connectivity index is 2.03. The molecule has 0 radical (unpaired) electrons. The van der Waals surface area contributed by atoms with Gasteiger partial charge in [-0.25, -0.2) is 0 Å².